The monoisotopic (exact) mass is 327 g/mol. The van der Waals surface area contributed by atoms with Gasteiger partial charge in [-0.1, -0.05) is 0 Å². The van der Waals surface area contributed by atoms with Gasteiger partial charge in [0.2, 0.25) is 0 Å². The van der Waals surface area contributed by atoms with Crippen LogP contribution in [0.3, 0.4) is 0 Å². The Morgan fingerprint density at radius 1 is 1.55 bits per heavy atom. The Morgan fingerprint density at radius 3 is 2.95 bits per heavy atom. The van der Waals surface area contributed by atoms with Crippen LogP contribution in [0.4, 0.5) is 5.13 Å². The Kier molecular flexibility index (Phi) is 4.35. The molecule has 0 amide bonds. The van der Waals surface area contributed by atoms with E-state index in [0.29, 0.717) is 31.9 Å². The maximum Gasteiger partial charge on any atom is 0.313 e. The fourth-order valence-electron chi connectivity index (χ4n) is 3.52. The van der Waals surface area contributed by atoms with Gasteiger partial charge in [0.15, 0.2) is 5.13 Å². The molecule has 2 atom stereocenters. The molecule has 3 rings (SSSR count). The molecule has 122 valence electrons. The molecule has 2 aliphatic heterocycles. The van der Waals surface area contributed by atoms with Crippen LogP contribution in [-0.2, 0) is 16.1 Å². The number of nitrogens with zero attached hydrogens (tertiary/aromatic N) is 3. The van der Waals surface area contributed by atoms with Crippen molar-refractivity contribution in [2.45, 2.75) is 6.61 Å². The smallest absolute Gasteiger partial charge is 0.313 e. The number of carboxylic acids is 1. The molecule has 2 saturated heterocycles. The van der Waals surface area contributed by atoms with Gasteiger partial charge in [-0.05, 0) is 0 Å². The summed E-state index contributed by atoms with van der Waals surface area (Å²) in [6, 6.07) is 0. The molecular formula is C14H21N3O4S. The number of carboxylic acid groups (broad SMARTS) is 1. The van der Waals surface area contributed by atoms with Crippen LogP contribution in [0.2, 0.25) is 0 Å². The highest BCUT2D eigenvalue weighted by molar-refractivity contribution is 7.13. The second-order valence-corrected chi connectivity index (χ2v) is 6.88. The summed E-state index contributed by atoms with van der Waals surface area (Å²) in [6.07, 6.45) is 0. The lowest BCUT2D eigenvalue weighted by molar-refractivity contribution is -0.148. The van der Waals surface area contributed by atoms with Gasteiger partial charge in [0, 0.05) is 51.1 Å². The first-order valence-electron chi connectivity index (χ1n) is 7.34. The van der Waals surface area contributed by atoms with Crippen LogP contribution in [0, 0.1) is 11.3 Å². The van der Waals surface area contributed by atoms with Crippen LogP contribution in [0.5, 0.6) is 0 Å². The molecule has 0 aromatic carbocycles. The number of hydrogen-bond donors (Lipinski definition) is 2. The molecule has 0 spiro atoms. The zero-order valence-electron chi connectivity index (χ0n) is 12.6. The van der Waals surface area contributed by atoms with E-state index in [9.17, 15) is 9.90 Å². The SMILES string of the molecule is COCCN1C[C@@H]2CN(c3nc(CO)cs3)C[C@]2(C(=O)O)C1. The van der Waals surface area contributed by atoms with Crippen LogP contribution in [0.1, 0.15) is 5.69 Å². The van der Waals surface area contributed by atoms with Crippen molar-refractivity contribution in [3.05, 3.63) is 11.1 Å². The zero-order valence-corrected chi connectivity index (χ0v) is 13.4. The van der Waals surface area contributed by atoms with E-state index < -0.39 is 11.4 Å². The van der Waals surface area contributed by atoms with Crippen LogP contribution < -0.4 is 4.90 Å². The molecule has 2 fully saturated rings. The van der Waals surface area contributed by atoms with Gasteiger partial charge in [-0.2, -0.15) is 0 Å². The number of aliphatic hydroxyl groups excluding tert-OH is 1. The molecule has 0 saturated carbocycles. The van der Waals surface area contributed by atoms with Gasteiger partial charge in [-0.3, -0.25) is 9.69 Å². The maximum absolute atomic E-state index is 11.9. The Balaban J connectivity index is 1.74. The summed E-state index contributed by atoms with van der Waals surface area (Å²) in [5.74, 6) is -0.623. The minimum atomic E-state index is -0.723. The number of thiazole rings is 1. The number of aliphatic hydroxyl groups is 1. The van der Waals surface area contributed by atoms with E-state index >= 15 is 0 Å². The molecule has 0 aliphatic carbocycles. The number of rotatable bonds is 6. The topological polar surface area (TPSA) is 86.1 Å². The van der Waals surface area contributed by atoms with Gasteiger partial charge in [-0.25, -0.2) is 4.98 Å². The third-order valence-corrected chi connectivity index (χ3v) is 5.64. The molecular weight excluding hydrogens is 306 g/mol. The normalized spacial score (nSPS) is 28.3. The number of aliphatic carboxylic acids is 1. The quantitative estimate of drug-likeness (QED) is 0.766. The highest BCUT2D eigenvalue weighted by Crippen LogP contribution is 2.44. The fourth-order valence-corrected chi connectivity index (χ4v) is 4.35. The molecule has 22 heavy (non-hydrogen) atoms. The number of aromatic nitrogens is 1. The summed E-state index contributed by atoms with van der Waals surface area (Å²) in [5.41, 5.74) is -0.0816. The van der Waals surface area contributed by atoms with Crippen molar-refractivity contribution < 1.29 is 19.7 Å². The van der Waals surface area contributed by atoms with Gasteiger partial charge in [0.1, 0.15) is 5.41 Å². The van der Waals surface area contributed by atoms with E-state index in [1.54, 1.807) is 7.11 Å². The van der Waals surface area contributed by atoms with Crippen molar-refractivity contribution in [1.29, 1.82) is 0 Å². The van der Waals surface area contributed by atoms with E-state index in [1.165, 1.54) is 11.3 Å². The van der Waals surface area contributed by atoms with Gasteiger partial charge in [0.05, 0.1) is 18.9 Å². The summed E-state index contributed by atoms with van der Waals surface area (Å²) >= 11 is 1.46. The Labute approximate surface area is 133 Å². The van der Waals surface area contributed by atoms with Crippen molar-refractivity contribution in [1.82, 2.24) is 9.88 Å². The first-order valence-corrected chi connectivity index (χ1v) is 8.22. The van der Waals surface area contributed by atoms with Crippen molar-refractivity contribution >= 4 is 22.4 Å². The van der Waals surface area contributed by atoms with E-state index in [-0.39, 0.29) is 12.5 Å². The number of fused-ring (bicyclic) bond motifs is 1. The first-order chi connectivity index (χ1) is 10.6. The highest BCUT2D eigenvalue weighted by Gasteiger charge is 2.57. The first kappa shape index (κ1) is 15.7. The lowest BCUT2D eigenvalue weighted by atomic mass is 9.81. The van der Waals surface area contributed by atoms with Gasteiger partial charge < -0.3 is 19.8 Å². The average Bonchev–Trinajstić information content (AvgIpc) is 3.16. The number of carbonyl (C=O) groups is 1. The standard InChI is InChI=1S/C14H21N3O4S/c1-21-3-2-16-4-10-5-17(9-14(10,8-16)12(19)20)13-15-11(6-18)7-22-13/h7,10,18H,2-6,8-9H2,1H3,(H,19,20)/t10-,14-/m1/s1. The van der Waals surface area contributed by atoms with E-state index in [2.05, 4.69) is 14.8 Å². The Hall–Kier alpha value is -1.22. The van der Waals surface area contributed by atoms with Crippen LogP contribution >= 0.6 is 11.3 Å². The third-order valence-electron chi connectivity index (χ3n) is 4.69. The summed E-state index contributed by atoms with van der Waals surface area (Å²) in [7, 11) is 1.66. The maximum atomic E-state index is 11.9. The fraction of sp³-hybridized carbons (Fsp3) is 0.714. The zero-order chi connectivity index (χ0) is 15.7. The van der Waals surface area contributed by atoms with Crippen molar-refractivity contribution in [3.63, 3.8) is 0 Å². The summed E-state index contributed by atoms with van der Waals surface area (Å²) in [5, 5.41) is 21.5. The molecule has 0 unspecified atom stereocenters. The number of likely N-dealkylation sites (tertiary alicyclic amines) is 1. The largest absolute Gasteiger partial charge is 0.481 e. The van der Waals surface area contributed by atoms with Gasteiger partial charge in [0.25, 0.3) is 0 Å². The summed E-state index contributed by atoms with van der Waals surface area (Å²) < 4.78 is 5.09. The molecule has 2 aliphatic rings. The van der Waals surface area contributed by atoms with Crippen molar-refractivity contribution in [2.24, 2.45) is 11.3 Å². The van der Waals surface area contributed by atoms with Crippen LogP contribution in [-0.4, -0.2) is 72.5 Å². The molecule has 7 nitrogen and oxygen atoms in total. The predicted molar refractivity (Wildman–Crippen MR) is 82.1 cm³/mol. The van der Waals surface area contributed by atoms with Crippen LogP contribution in [0.15, 0.2) is 5.38 Å². The number of anilines is 1. The number of methoxy groups -OCH3 is 1. The van der Waals surface area contributed by atoms with Gasteiger partial charge in [-0.15, -0.1) is 11.3 Å². The number of ether oxygens (including phenoxy) is 1. The molecule has 1 aromatic heterocycles. The van der Waals surface area contributed by atoms with Crippen LogP contribution in [0.25, 0.3) is 0 Å². The third kappa shape index (κ3) is 2.60. The lowest BCUT2D eigenvalue weighted by Gasteiger charge is -2.25. The van der Waals surface area contributed by atoms with E-state index in [1.807, 2.05) is 5.38 Å². The molecule has 3 heterocycles. The lowest BCUT2D eigenvalue weighted by Crippen LogP contribution is -2.41. The highest BCUT2D eigenvalue weighted by atomic mass is 32.1. The average molecular weight is 327 g/mol. The van der Waals surface area contributed by atoms with Crippen molar-refractivity contribution in [3.8, 4) is 0 Å². The molecule has 0 bridgehead atoms. The second-order valence-electron chi connectivity index (χ2n) is 6.05. The molecule has 1 aromatic rings. The second kappa shape index (κ2) is 6.11. The minimum Gasteiger partial charge on any atom is -0.481 e. The Morgan fingerprint density at radius 2 is 2.36 bits per heavy atom. The molecule has 8 heteroatoms. The summed E-state index contributed by atoms with van der Waals surface area (Å²) in [6.45, 7) is 3.84. The number of hydrogen-bond acceptors (Lipinski definition) is 7. The summed E-state index contributed by atoms with van der Waals surface area (Å²) in [4.78, 5) is 20.5. The Bertz CT molecular complexity index is 552. The van der Waals surface area contributed by atoms with Gasteiger partial charge >= 0.3 is 5.97 Å². The molecule has 0 radical (unpaired) electrons. The van der Waals surface area contributed by atoms with E-state index in [0.717, 1.165) is 18.2 Å². The predicted octanol–water partition coefficient (Wildman–Crippen LogP) is 0.105. The minimum absolute atomic E-state index is 0.0807. The molecule has 2 N–H and O–H groups in total. The van der Waals surface area contributed by atoms with E-state index in [4.69, 9.17) is 9.84 Å². The van der Waals surface area contributed by atoms with Crippen molar-refractivity contribution in [2.75, 3.05) is 51.3 Å².